The maximum Gasteiger partial charge on any atom is 0.337 e. The summed E-state index contributed by atoms with van der Waals surface area (Å²) in [6.07, 6.45) is 0. The van der Waals surface area contributed by atoms with E-state index in [2.05, 4.69) is 5.32 Å². The second-order valence-corrected chi connectivity index (χ2v) is 7.78. The third-order valence-electron chi connectivity index (χ3n) is 4.57. The molecule has 0 radical (unpaired) electrons. The van der Waals surface area contributed by atoms with Gasteiger partial charge in [0.15, 0.2) is 11.5 Å². The Hall–Kier alpha value is -2.89. The number of carbonyl (C=O) groups is 1. The number of rotatable bonds is 9. The van der Waals surface area contributed by atoms with Gasteiger partial charge in [0.05, 0.1) is 22.2 Å². The van der Waals surface area contributed by atoms with Gasteiger partial charge in [-0.3, -0.25) is 0 Å². The Kier molecular flexibility index (Phi) is 7.66. The number of carboxylic acid groups (broad SMARTS) is 1. The van der Waals surface area contributed by atoms with Crippen LogP contribution in [0.1, 0.15) is 34.0 Å². The summed E-state index contributed by atoms with van der Waals surface area (Å²) in [6.45, 7) is 5.18. The van der Waals surface area contributed by atoms with E-state index >= 15 is 0 Å². The summed E-state index contributed by atoms with van der Waals surface area (Å²) in [5.41, 5.74) is 3.76. The van der Waals surface area contributed by atoms with Crippen LogP contribution in [0.5, 0.6) is 11.5 Å². The van der Waals surface area contributed by atoms with E-state index < -0.39 is 5.97 Å². The highest BCUT2D eigenvalue weighted by atomic mass is 35.5. The summed E-state index contributed by atoms with van der Waals surface area (Å²) in [5.74, 6) is -0.0286. The van der Waals surface area contributed by atoms with E-state index in [0.29, 0.717) is 42.0 Å². The minimum absolute atomic E-state index is 0.0413. The average Bonchev–Trinajstić information content (AvgIpc) is 2.74. The molecule has 0 aliphatic carbocycles. The molecule has 0 amide bonds. The third-order valence-corrected chi connectivity index (χ3v) is 5.18. The summed E-state index contributed by atoms with van der Waals surface area (Å²) >= 11 is 12.4. The minimum Gasteiger partial charge on any atom is -0.490 e. The van der Waals surface area contributed by atoms with Crippen molar-refractivity contribution in [3.63, 3.8) is 0 Å². The second kappa shape index (κ2) is 10.4. The smallest absolute Gasteiger partial charge is 0.337 e. The third kappa shape index (κ3) is 6.06. The predicted molar refractivity (Wildman–Crippen MR) is 124 cm³/mol. The van der Waals surface area contributed by atoms with E-state index in [1.54, 1.807) is 18.2 Å². The van der Waals surface area contributed by atoms with Crippen LogP contribution in [-0.4, -0.2) is 17.7 Å². The minimum atomic E-state index is -1.08. The number of nitrogens with one attached hydrogen (secondary N) is 1. The van der Waals surface area contributed by atoms with Crippen LogP contribution >= 0.6 is 23.2 Å². The fourth-order valence-electron chi connectivity index (χ4n) is 2.97. The maximum atomic E-state index is 11.3. The molecule has 0 saturated heterocycles. The first kappa shape index (κ1) is 22.8. The number of aryl methyl sites for hydroxylation is 1. The average molecular weight is 460 g/mol. The summed E-state index contributed by atoms with van der Waals surface area (Å²) in [5, 5.41) is 13.0. The Morgan fingerprint density at radius 3 is 2.39 bits per heavy atom. The molecule has 0 aliphatic rings. The number of aromatic carboxylic acids is 1. The predicted octanol–water partition coefficient (Wildman–Crippen LogP) is 6.59. The van der Waals surface area contributed by atoms with E-state index in [-0.39, 0.29) is 10.6 Å². The molecule has 3 rings (SSSR count). The summed E-state index contributed by atoms with van der Waals surface area (Å²) in [6, 6.07) is 16.5. The van der Waals surface area contributed by atoms with Gasteiger partial charge in [-0.15, -0.1) is 0 Å². The zero-order valence-electron chi connectivity index (χ0n) is 17.2. The van der Waals surface area contributed by atoms with Crippen LogP contribution in [-0.2, 0) is 13.2 Å². The van der Waals surface area contributed by atoms with E-state index in [0.717, 1.165) is 11.1 Å². The molecule has 0 atom stereocenters. The highest BCUT2D eigenvalue weighted by Gasteiger charge is 2.14. The summed E-state index contributed by atoms with van der Waals surface area (Å²) in [4.78, 5) is 11.3. The number of hydrogen-bond donors (Lipinski definition) is 2. The van der Waals surface area contributed by atoms with Crippen molar-refractivity contribution in [3.8, 4) is 11.5 Å². The van der Waals surface area contributed by atoms with Crippen LogP contribution in [0.2, 0.25) is 10.0 Å². The molecule has 0 aromatic heterocycles. The zero-order valence-corrected chi connectivity index (χ0v) is 18.8. The van der Waals surface area contributed by atoms with Crippen molar-refractivity contribution in [2.45, 2.75) is 27.0 Å². The number of hydrogen-bond acceptors (Lipinski definition) is 4. The van der Waals surface area contributed by atoms with E-state index in [1.807, 2.05) is 44.2 Å². The van der Waals surface area contributed by atoms with Gasteiger partial charge in [-0.1, -0.05) is 53.0 Å². The van der Waals surface area contributed by atoms with Crippen molar-refractivity contribution in [1.29, 1.82) is 0 Å². The van der Waals surface area contributed by atoms with Gasteiger partial charge in [0.2, 0.25) is 0 Å². The molecule has 0 spiro atoms. The van der Waals surface area contributed by atoms with Gasteiger partial charge in [0.25, 0.3) is 0 Å². The van der Waals surface area contributed by atoms with Gasteiger partial charge in [0.1, 0.15) is 6.61 Å². The fourth-order valence-corrected chi connectivity index (χ4v) is 3.46. The lowest BCUT2D eigenvalue weighted by Gasteiger charge is -2.16. The lowest BCUT2D eigenvalue weighted by Crippen LogP contribution is -2.05. The lowest BCUT2D eigenvalue weighted by atomic mass is 10.1. The number of anilines is 1. The van der Waals surface area contributed by atoms with Crippen molar-refractivity contribution in [2.75, 3.05) is 11.9 Å². The van der Waals surface area contributed by atoms with Crippen LogP contribution in [0, 0.1) is 6.92 Å². The van der Waals surface area contributed by atoms with E-state index in [4.69, 9.17) is 32.7 Å². The van der Waals surface area contributed by atoms with Gasteiger partial charge >= 0.3 is 5.97 Å². The van der Waals surface area contributed by atoms with Gasteiger partial charge in [-0.05, 0) is 55.3 Å². The van der Waals surface area contributed by atoms with Crippen molar-refractivity contribution in [3.05, 3.63) is 86.9 Å². The Labute approximate surface area is 191 Å². The number of halogens is 2. The summed E-state index contributed by atoms with van der Waals surface area (Å²) < 4.78 is 11.7. The highest BCUT2D eigenvalue weighted by molar-refractivity contribution is 6.33. The Morgan fingerprint density at radius 2 is 1.71 bits per heavy atom. The molecule has 162 valence electrons. The molecule has 0 unspecified atom stereocenters. The zero-order chi connectivity index (χ0) is 22.4. The molecular weight excluding hydrogens is 437 g/mol. The fraction of sp³-hybridized carbons (Fsp3) is 0.208. The van der Waals surface area contributed by atoms with Gasteiger partial charge in [-0.2, -0.15) is 0 Å². The first-order chi connectivity index (χ1) is 14.9. The molecule has 0 bridgehead atoms. The standard InChI is InChI=1S/C24H23Cl2NO4/c1-3-30-22-11-17(13-27-18-8-9-20(25)19(12-18)24(28)29)10-21(26)23(22)31-14-16-6-4-15(2)5-7-16/h4-12,27H,3,13-14H2,1-2H3,(H,28,29). The molecule has 0 fully saturated rings. The van der Waals surface area contributed by atoms with E-state index in [1.165, 1.54) is 11.6 Å². The molecule has 0 saturated carbocycles. The number of carboxylic acids is 1. The van der Waals surface area contributed by atoms with Gasteiger partial charge in [0, 0.05) is 12.2 Å². The van der Waals surface area contributed by atoms with Crippen LogP contribution in [0.4, 0.5) is 5.69 Å². The molecule has 5 nitrogen and oxygen atoms in total. The van der Waals surface area contributed by atoms with E-state index in [9.17, 15) is 9.90 Å². The number of benzene rings is 3. The van der Waals surface area contributed by atoms with Crippen molar-refractivity contribution >= 4 is 34.9 Å². The monoisotopic (exact) mass is 459 g/mol. The topological polar surface area (TPSA) is 67.8 Å². The van der Waals surface area contributed by atoms with Crippen LogP contribution in [0.25, 0.3) is 0 Å². The molecule has 0 heterocycles. The second-order valence-electron chi connectivity index (χ2n) is 6.97. The quantitative estimate of drug-likeness (QED) is 0.377. The normalized spacial score (nSPS) is 10.6. The Morgan fingerprint density at radius 1 is 0.968 bits per heavy atom. The van der Waals surface area contributed by atoms with Crippen molar-refractivity contribution < 1.29 is 19.4 Å². The molecule has 3 aromatic carbocycles. The number of ether oxygens (including phenoxy) is 2. The Balaban J connectivity index is 1.75. The molecular formula is C24H23Cl2NO4. The highest BCUT2D eigenvalue weighted by Crippen LogP contribution is 2.37. The molecule has 31 heavy (non-hydrogen) atoms. The summed E-state index contributed by atoms with van der Waals surface area (Å²) in [7, 11) is 0. The van der Waals surface area contributed by atoms with Crippen LogP contribution in [0.3, 0.4) is 0 Å². The van der Waals surface area contributed by atoms with Gasteiger partial charge < -0.3 is 19.9 Å². The Bertz CT molecular complexity index is 1070. The van der Waals surface area contributed by atoms with Crippen molar-refractivity contribution in [2.24, 2.45) is 0 Å². The maximum absolute atomic E-state index is 11.3. The SMILES string of the molecule is CCOc1cc(CNc2ccc(Cl)c(C(=O)O)c2)cc(Cl)c1OCc1ccc(C)cc1. The molecule has 7 heteroatoms. The lowest BCUT2D eigenvalue weighted by molar-refractivity contribution is 0.0697. The van der Waals surface area contributed by atoms with Crippen molar-refractivity contribution in [1.82, 2.24) is 0 Å². The molecule has 3 aromatic rings. The first-order valence-electron chi connectivity index (χ1n) is 9.77. The first-order valence-corrected chi connectivity index (χ1v) is 10.5. The molecule has 2 N–H and O–H groups in total. The van der Waals surface area contributed by atoms with Crippen LogP contribution in [0.15, 0.2) is 54.6 Å². The largest absolute Gasteiger partial charge is 0.490 e. The van der Waals surface area contributed by atoms with Gasteiger partial charge in [-0.25, -0.2) is 4.79 Å². The molecule has 0 aliphatic heterocycles. The van der Waals surface area contributed by atoms with Crippen LogP contribution < -0.4 is 14.8 Å².